The lowest BCUT2D eigenvalue weighted by atomic mass is 9.90. The Kier molecular flexibility index (Phi) is 4.92. The van der Waals surface area contributed by atoms with Gasteiger partial charge in [0.25, 0.3) is 5.91 Å². The molecule has 3 rings (SSSR count). The molecule has 1 aliphatic rings. The van der Waals surface area contributed by atoms with Crippen LogP contribution < -0.4 is 10.6 Å². The van der Waals surface area contributed by atoms with Gasteiger partial charge in [-0.15, -0.1) is 0 Å². The quantitative estimate of drug-likeness (QED) is 0.862. The maximum absolute atomic E-state index is 12.7. The van der Waals surface area contributed by atoms with Crippen molar-refractivity contribution in [2.75, 3.05) is 20.2 Å². The first-order valence-electron chi connectivity index (χ1n) is 8.16. The molecule has 1 fully saturated rings. The van der Waals surface area contributed by atoms with Crippen LogP contribution in [-0.2, 0) is 9.53 Å². The smallest absolute Gasteiger partial charge is 0.252 e. The molecule has 2 N–H and O–H groups in total. The van der Waals surface area contributed by atoms with Crippen molar-refractivity contribution in [3.05, 3.63) is 42.5 Å². The Morgan fingerprint density at radius 2 is 2.04 bits per heavy atom. The Hall–Kier alpha value is -2.25. The van der Waals surface area contributed by atoms with Crippen molar-refractivity contribution in [2.24, 2.45) is 0 Å². The first kappa shape index (κ1) is 16.6. The molecule has 7 heteroatoms. The molecule has 1 unspecified atom stereocenters. The van der Waals surface area contributed by atoms with Crippen molar-refractivity contribution < 1.29 is 9.53 Å². The number of carbonyl (C=O) groups is 1. The minimum atomic E-state index is -0.722. The number of nitrogens with zero attached hydrogens (tertiary/aromatic N) is 3. The molecule has 0 bridgehead atoms. The van der Waals surface area contributed by atoms with E-state index in [-0.39, 0.29) is 11.9 Å². The molecule has 0 spiro atoms. The van der Waals surface area contributed by atoms with Crippen LogP contribution in [0.1, 0.15) is 31.4 Å². The fourth-order valence-electron chi connectivity index (χ4n) is 3.02. The lowest BCUT2D eigenvalue weighted by Crippen LogP contribution is -2.54. The Balaban J connectivity index is 1.68. The third-order valence-electron chi connectivity index (χ3n) is 4.64. The summed E-state index contributed by atoms with van der Waals surface area (Å²) in [5.74, 6) is -0.0423. The summed E-state index contributed by atoms with van der Waals surface area (Å²) in [7, 11) is 1.61. The number of benzene rings is 1. The van der Waals surface area contributed by atoms with Gasteiger partial charge >= 0.3 is 0 Å². The van der Waals surface area contributed by atoms with Gasteiger partial charge in [-0.3, -0.25) is 4.79 Å². The van der Waals surface area contributed by atoms with Gasteiger partial charge in [0.2, 0.25) is 0 Å². The Morgan fingerprint density at radius 1 is 1.33 bits per heavy atom. The van der Waals surface area contributed by atoms with E-state index in [4.69, 9.17) is 4.74 Å². The molecule has 2 aromatic rings. The molecule has 0 radical (unpaired) electrons. The molecule has 1 amide bonds. The summed E-state index contributed by atoms with van der Waals surface area (Å²) in [5.41, 5.74) is 1.24. The third kappa shape index (κ3) is 3.32. The lowest BCUT2D eigenvalue weighted by Gasteiger charge is -2.35. The van der Waals surface area contributed by atoms with Crippen molar-refractivity contribution >= 4 is 5.91 Å². The molecule has 1 aromatic carbocycles. The Labute approximate surface area is 141 Å². The minimum absolute atomic E-state index is 0.0423. The van der Waals surface area contributed by atoms with Gasteiger partial charge in [-0.05, 0) is 50.6 Å². The summed E-state index contributed by atoms with van der Waals surface area (Å²) in [6.07, 6.45) is 4.53. The standard InChI is InChI=1S/C17H23N5O2/c1-13(21-16(23)17(24-2)7-9-18-10-8-17)14-3-5-15(6-4-14)22-12-19-11-20-22/h3-6,11-13,18H,7-10H2,1-2H3,(H,21,23). The average Bonchev–Trinajstić information content (AvgIpc) is 3.17. The molecule has 1 aromatic heterocycles. The number of methoxy groups -OCH3 is 1. The number of rotatable bonds is 5. The minimum Gasteiger partial charge on any atom is -0.368 e. The van der Waals surface area contributed by atoms with Crippen LogP contribution in [0.5, 0.6) is 0 Å². The van der Waals surface area contributed by atoms with Gasteiger partial charge in [-0.2, -0.15) is 5.10 Å². The largest absolute Gasteiger partial charge is 0.368 e. The van der Waals surface area contributed by atoms with Crippen LogP contribution in [0.2, 0.25) is 0 Å². The summed E-state index contributed by atoms with van der Waals surface area (Å²) in [4.78, 5) is 16.6. The number of nitrogens with one attached hydrogen (secondary N) is 2. The van der Waals surface area contributed by atoms with Gasteiger partial charge in [0.15, 0.2) is 0 Å². The van der Waals surface area contributed by atoms with Crippen molar-refractivity contribution in [1.82, 2.24) is 25.4 Å². The van der Waals surface area contributed by atoms with Gasteiger partial charge in [0.1, 0.15) is 18.3 Å². The van der Waals surface area contributed by atoms with E-state index in [1.807, 2.05) is 31.2 Å². The summed E-state index contributed by atoms with van der Waals surface area (Å²) in [6, 6.07) is 7.81. The van der Waals surface area contributed by atoms with Gasteiger partial charge in [0.05, 0.1) is 11.7 Å². The van der Waals surface area contributed by atoms with E-state index in [0.29, 0.717) is 12.8 Å². The van der Waals surface area contributed by atoms with Crippen LogP contribution in [0.3, 0.4) is 0 Å². The summed E-state index contributed by atoms with van der Waals surface area (Å²) in [6.45, 7) is 3.57. The zero-order valence-electron chi connectivity index (χ0n) is 14.0. The summed E-state index contributed by atoms with van der Waals surface area (Å²) < 4.78 is 7.27. The number of carbonyl (C=O) groups excluding carboxylic acids is 1. The van der Waals surface area contributed by atoms with Crippen LogP contribution >= 0.6 is 0 Å². The van der Waals surface area contributed by atoms with Crippen LogP contribution in [-0.4, -0.2) is 46.5 Å². The maximum atomic E-state index is 12.7. The SMILES string of the molecule is COC1(C(=O)NC(C)c2ccc(-n3cncn3)cc2)CCNCC1. The second kappa shape index (κ2) is 7.11. The Bertz CT molecular complexity index is 663. The van der Waals surface area contributed by atoms with E-state index >= 15 is 0 Å². The highest BCUT2D eigenvalue weighted by Crippen LogP contribution is 2.24. The predicted octanol–water partition coefficient (Wildman–Crippen LogP) is 1.21. The van der Waals surface area contributed by atoms with Crippen molar-refractivity contribution in [2.45, 2.75) is 31.4 Å². The van der Waals surface area contributed by atoms with Crippen molar-refractivity contribution in [1.29, 1.82) is 0 Å². The molecule has 1 atom stereocenters. The highest BCUT2D eigenvalue weighted by atomic mass is 16.5. The van der Waals surface area contributed by atoms with Crippen LogP contribution in [0.15, 0.2) is 36.9 Å². The number of aromatic nitrogens is 3. The first-order valence-corrected chi connectivity index (χ1v) is 8.16. The Morgan fingerprint density at radius 3 is 2.62 bits per heavy atom. The van der Waals surface area contributed by atoms with E-state index < -0.39 is 5.60 Å². The zero-order valence-corrected chi connectivity index (χ0v) is 14.0. The lowest BCUT2D eigenvalue weighted by molar-refractivity contribution is -0.147. The second-order valence-electron chi connectivity index (χ2n) is 6.08. The molecule has 128 valence electrons. The fraction of sp³-hybridized carbons (Fsp3) is 0.471. The summed E-state index contributed by atoms with van der Waals surface area (Å²) >= 11 is 0. The van der Waals surface area contributed by atoms with E-state index in [1.165, 1.54) is 6.33 Å². The first-order chi connectivity index (χ1) is 11.6. The zero-order chi connectivity index (χ0) is 17.0. The fourth-order valence-corrected chi connectivity index (χ4v) is 3.02. The molecular weight excluding hydrogens is 306 g/mol. The van der Waals surface area contributed by atoms with Gasteiger partial charge in [0, 0.05) is 7.11 Å². The van der Waals surface area contributed by atoms with E-state index in [0.717, 1.165) is 24.3 Å². The number of ether oxygens (including phenoxy) is 1. The molecule has 24 heavy (non-hydrogen) atoms. The van der Waals surface area contributed by atoms with E-state index in [9.17, 15) is 4.79 Å². The average molecular weight is 329 g/mol. The van der Waals surface area contributed by atoms with E-state index in [2.05, 4.69) is 20.7 Å². The van der Waals surface area contributed by atoms with Gasteiger partial charge < -0.3 is 15.4 Å². The highest BCUT2D eigenvalue weighted by Gasteiger charge is 2.40. The van der Waals surface area contributed by atoms with Crippen molar-refractivity contribution in [3.63, 3.8) is 0 Å². The predicted molar refractivity (Wildman–Crippen MR) is 89.8 cm³/mol. The number of hydrogen-bond donors (Lipinski definition) is 2. The molecular formula is C17H23N5O2. The van der Waals surface area contributed by atoms with Crippen LogP contribution in [0.4, 0.5) is 0 Å². The van der Waals surface area contributed by atoms with Crippen LogP contribution in [0.25, 0.3) is 5.69 Å². The van der Waals surface area contributed by atoms with Crippen LogP contribution in [0, 0.1) is 0 Å². The summed E-state index contributed by atoms with van der Waals surface area (Å²) in [5, 5.41) is 10.4. The second-order valence-corrected chi connectivity index (χ2v) is 6.08. The molecule has 1 aliphatic heterocycles. The molecule has 0 saturated carbocycles. The normalized spacial score (nSPS) is 18.1. The van der Waals surface area contributed by atoms with E-state index in [1.54, 1.807) is 18.1 Å². The molecule has 0 aliphatic carbocycles. The maximum Gasteiger partial charge on any atom is 0.252 e. The monoisotopic (exact) mass is 329 g/mol. The molecule has 1 saturated heterocycles. The number of amides is 1. The van der Waals surface area contributed by atoms with Gasteiger partial charge in [-0.25, -0.2) is 9.67 Å². The van der Waals surface area contributed by atoms with Crippen molar-refractivity contribution in [3.8, 4) is 5.69 Å². The molecule has 7 nitrogen and oxygen atoms in total. The number of hydrogen-bond acceptors (Lipinski definition) is 5. The number of piperidine rings is 1. The molecule has 2 heterocycles. The van der Waals surface area contributed by atoms with Gasteiger partial charge in [-0.1, -0.05) is 12.1 Å². The third-order valence-corrected chi connectivity index (χ3v) is 4.64. The highest BCUT2D eigenvalue weighted by molar-refractivity contribution is 5.85. The topological polar surface area (TPSA) is 81.1 Å².